The monoisotopic (exact) mass is 264 g/mol. The van der Waals surface area contributed by atoms with Gasteiger partial charge in [0.15, 0.2) is 0 Å². The van der Waals surface area contributed by atoms with Crippen molar-refractivity contribution in [3.63, 3.8) is 0 Å². The molecule has 3 fully saturated rings. The van der Waals surface area contributed by atoms with E-state index in [-0.39, 0.29) is 5.97 Å². The highest BCUT2D eigenvalue weighted by atomic mass is 16.7. The van der Waals surface area contributed by atoms with Gasteiger partial charge >= 0.3 is 5.97 Å². The summed E-state index contributed by atoms with van der Waals surface area (Å²) in [6, 6.07) is 0. The summed E-state index contributed by atoms with van der Waals surface area (Å²) in [5.74, 6) is 3.14. The van der Waals surface area contributed by atoms with Crippen molar-refractivity contribution >= 4 is 5.97 Å². The van der Waals surface area contributed by atoms with Crippen molar-refractivity contribution in [1.29, 1.82) is 0 Å². The largest absolute Gasteiger partial charge is 0.433 e. The molecule has 19 heavy (non-hydrogen) atoms. The normalized spacial score (nSPS) is 41.1. The second-order valence-corrected chi connectivity index (χ2v) is 6.66. The number of carbonyl (C=O) groups is 1. The zero-order valence-electron chi connectivity index (χ0n) is 11.9. The van der Waals surface area contributed by atoms with Gasteiger partial charge in [0, 0.05) is 5.57 Å². The number of hydrogen-bond acceptors (Lipinski definition) is 3. The third-order valence-corrected chi connectivity index (χ3v) is 5.34. The van der Waals surface area contributed by atoms with E-state index >= 15 is 0 Å². The number of carbonyl (C=O) groups excluding carboxylic acids is 1. The maximum Gasteiger partial charge on any atom is 0.335 e. The molecule has 0 aromatic heterocycles. The molecule has 0 radical (unpaired) electrons. The van der Waals surface area contributed by atoms with Gasteiger partial charge in [-0.2, -0.15) is 0 Å². The zero-order chi connectivity index (χ0) is 13.6. The first-order valence-corrected chi connectivity index (χ1v) is 7.56. The standard InChI is InChI=1S/C16H24O3/c1-9(2)16(17)19-10(3)18-15-8-12-7-13(15)6-11-4-5-14(11)12/h10-15H,1,4-8H2,2-3H3. The van der Waals surface area contributed by atoms with E-state index in [1.54, 1.807) is 6.92 Å². The van der Waals surface area contributed by atoms with E-state index in [0.29, 0.717) is 17.6 Å². The molecule has 0 aromatic rings. The lowest BCUT2D eigenvalue weighted by molar-refractivity contribution is -0.184. The Morgan fingerprint density at radius 1 is 1.16 bits per heavy atom. The molecule has 0 N–H and O–H groups in total. The predicted octanol–water partition coefficient (Wildman–Crippen LogP) is 3.29. The van der Waals surface area contributed by atoms with Crippen LogP contribution in [0.3, 0.4) is 0 Å². The van der Waals surface area contributed by atoms with Crippen LogP contribution in [-0.4, -0.2) is 18.4 Å². The Bertz CT molecular complexity index is 389. The molecule has 3 aliphatic carbocycles. The third-order valence-electron chi connectivity index (χ3n) is 5.34. The summed E-state index contributed by atoms with van der Waals surface area (Å²) in [6.07, 6.45) is 6.51. The molecule has 3 heteroatoms. The number of hydrogen-bond donors (Lipinski definition) is 0. The smallest absolute Gasteiger partial charge is 0.335 e. The molecule has 2 bridgehead atoms. The van der Waals surface area contributed by atoms with E-state index in [2.05, 4.69) is 6.58 Å². The van der Waals surface area contributed by atoms with E-state index in [0.717, 1.165) is 17.8 Å². The zero-order valence-corrected chi connectivity index (χ0v) is 11.9. The fourth-order valence-corrected chi connectivity index (χ4v) is 4.31. The van der Waals surface area contributed by atoms with Crippen LogP contribution in [0, 0.1) is 23.7 Å². The highest BCUT2D eigenvalue weighted by Gasteiger charge is 2.50. The van der Waals surface area contributed by atoms with E-state index in [1.807, 2.05) is 6.92 Å². The minimum absolute atomic E-state index is 0.295. The molecule has 0 heterocycles. The Hall–Kier alpha value is -0.830. The van der Waals surface area contributed by atoms with Crippen LogP contribution in [0.5, 0.6) is 0 Å². The first-order chi connectivity index (χ1) is 9.04. The Kier molecular flexibility index (Phi) is 3.42. The topological polar surface area (TPSA) is 35.5 Å². The van der Waals surface area contributed by atoms with Crippen LogP contribution in [0.1, 0.15) is 46.0 Å². The Morgan fingerprint density at radius 3 is 2.53 bits per heavy atom. The molecule has 0 aromatic carbocycles. The van der Waals surface area contributed by atoms with Crippen molar-refractivity contribution in [3.8, 4) is 0 Å². The quantitative estimate of drug-likeness (QED) is 0.444. The van der Waals surface area contributed by atoms with Gasteiger partial charge in [-0.3, -0.25) is 0 Å². The molecule has 0 saturated heterocycles. The van der Waals surface area contributed by atoms with Crippen LogP contribution in [0.25, 0.3) is 0 Å². The molecule has 6 atom stereocenters. The summed E-state index contributed by atoms with van der Waals surface area (Å²) >= 11 is 0. The van der Waals surface area contributed by atoms with Crippen LogP contribution in [0.2, 0.25) is 0 Å². The average molecular weight is 264 g/mol. The molecule has 3 nitrogen and oxygen atoms in total. The summed E-state index contributed by atoms with van der Waals surface area (Å²) in [7, 11) is 0. The lowest BCUT2D eigenvalue weighted by atomic mass is 9.61. The van der Waals surface area contributed by atoms with E-state index < -0.39 is 6.29 Å². The molecule has 106 valence electrons. The molecular weight excluding hydrogens is 240 g/mol. The minimum atomic E-state index is -0.453. The Labute approximate surface area is 115 Å². The fraction of sp³-hybridized carbons (Fsp3) is 0.812. The molecule has 0 amide bonds. The van der Waals surface area contributed by atoms with Gasteiger partial charge in [0.25, 0.3) is 0 Å². The average Bonchev–Trinajstić information content (AvgIpc) is 2.62. The maximum atomic E-state index is 11.5. The van der Waals surface area contributed by atoms with Gasteiger partial charge in [0.2, 0.25) is 6.29 Å². The van der Waals surface area contributed by atoms with Gasteiger partial charge < -0.3 is 9.47 Å². The van der Waals surface area contributed by atoms with Crippen molar-refractivity contribution in [2.45, 2.75) is 58.3 Å². The van der Waals surface area contributed by atoms with Gasteiger partial charge in [-0.05, 0) is 69.6 Å². The van der Waals surface area contributed by atoms with Gasteiger partial charge in [-0.25, -0.2) is 4.79 Å². The Balaban J connectivity index is 1.53. The number of ether oxygens (including phenoxy) is 2. The molecule has 0 spiro atoms. The van der Waals surface area contributed by atoms with Crippen molar-refractivity contribution in [3.05, 3.63) is 12.2 Å². The molecule has 6 unspecified atom stereocenters. The molecule has 0 aliphatic heterocycles. The molecule has 3 aliphatic rings. The summed E-state index contributed by atoms with van der Waals surface area (Å²) < 4.78 is 11.2. The van der Waals surface area contributed by atoms with Gasteiger partial charge in [-0.1, -0.05) is 6.58 Å². The van der Waals surface area contributed by atoms with E-state index in [1.165, 1.54) is 32.1 Å². The van der Waals surface area contributed by atoms with Crippen molar-refractivity contribution in [2.75, 3.05) is 0 Å². The third kappa shape index (κ3) is 2.45. The highest BCUT2D eigenvalue weighted by Crippen LogP contribution is 2.57. The SMILES string of the molecule is C=C(C)C(=O)OC(C)OC1CC2CC1CC1CCC12. The summed E-state index contributed by atoms with van der Waals surface area (Å²) in [5, 5.41) is 0. The van der Waals surface area contributed by atoms with Crippen molar-refractivity contribution in [1.82, 2.24) is 0 Å². The van der Waals surface area contributed by atoms with Gasteiger partial charge in [0.05, 0.1) is 6.10 Å². The highest BCUT2D eigenvalue weighted by molar-refractivity contribution is 5.86. The van der Waals surface area contributed by atoms with E-state index in [9.17, 15) is 4.79 Å². The number of esters is 1. The molecule has 3 saturated carbocycles. The van der Waals surface area contributed by atoms with Crippen molar-refractivity contribution in [2.24, 2.45) is 23.7 Å². The molecular formula is C16H24O3. The number of fused-ring (bicyclic) bond motifs is 4. The summed E-state index contributed by atoms with van der Waals surface area (Å²) in [6.45, 7) is 7.07. The van der Waals surface area contributed by atoms with E-state index in [4.69, 9.17) is 9.47 Å². The lowest BCUT2D eigenvalue weighted by Crippen LogP contribution is -2.36. The van der Waals surface area contributed by atoms with Crippen LogP contribution >= 0.6 is 0 Å². The van der Waals surface area contributed by atoms with Crippen molar-refractivity contribution < 1.29 is 14.3 Å². The molecule has 3 rings (SSSR count). The first kappa shape index (κ1) is 13.2. The minimum Gasteiger partial charge on any atom is -0.433 e. The second-order valence-electron chi connectivity index (χ2n) is 6.66. The van der Waals surface area contributed by atoms with Crippen LogP contribution in [0.4, 0.5) is 0 Å². The predicted molar refractivity (Wildman–Crippen MR) is 72.3 cm³/mol. The number of rotatable bonds is 4. The first-order valence-electron chi connectivity index (χ1n) is 7.56. The fourth-order valence-electron chi connectivity index (χ4n) is 4.31. The van der Waals surface area contributed by atoms with Gasteiger partial charge in [0.1, 0.15) is 0 Å². The van der Waals surface area contributed by atoms with Crippen LogP contribution in [-0.2, 0) is 14.3 Å². The second kappa shape index (κ2) is 4.93. The Morgan fingerprint density at radius 2 is 1.89 bits per heavy atom. The summed E-state index contributed by atoms with van der Waals surface area (Å²) in [4.78, 5) is 11.5. The van der Waals surface area contributed by atoms with Crippen LogP contribution < -0.4 is 0 Å². The van der Waals surface area contributed by atoms with Gasteiger partial charge in [-0.15, -0.1) is 0 Å². The lowest BCUT2D eigenvalue weighted by Gasteiger charge is -2.44. The van der Waals surface area contributed by atoms with Crippen LogP contribution in [0.15, 0.2) is 12.2 Å². The summed E-state index contributed by atoms with van der Waals surface area (Å²) in [5.41, 5.74) is 0.429. The maximum absolute atomic E-state index is 11.5.